The van der Waals surface area contributed by atoms with Crippen molar-refractivity contribution in [1.29, 1.82) is 0 Å². The van der Waals surface area contributed by atoms with E-state index in [9.17, 15) is 0 Å². The number of ether oxygens (including phenoxy) is 1. The molecule has 12 heavy (non-hydrogen) atoms. The van der Waals surface area contributed by atoms with E-state index in [0.717, 1.165) is 0 Å². The molecule has 2 nitrogen and oxygen atoms in total. The Morgan fingerprint density at radius 3 is 2.75 bits per heavy atom. The van der Waals surface area contributed by atoms with Crippen molar-refractivity contribution in [2.75, 3.05) is 6.61 Å². The van der Waals surface area contributed by atoms with Crippen LogP contribution >= 0.6 is 0 Å². The maximum atomic E-state index is 5.17. The van der Waals surface area contributed by atoms with Crippen LogP contribution in [0.5, 0.6) is 0 Å². The van der Waals surface area contributed by atoms with Crippen LogP contribution in [0, 0.1) is 0 Å². The van der Waals surface area contributed by atoms with E-state index in [2.05, 4.69) is 11.1 Å². The Hall–Kier alpha value is -1.57. The summed E-state index contributed by atoms with van der Waals surface area (Å²) in [5.41, 5.74) is 2.37. The SMILES string of the molecule is C1=COCC(c2ccncc2)=C1. The molecule has 0 N–H and O–H groups in total. The van der Waals surface area contributed by atoms with Gasteiger partial charge in [-0.15, -0.1) is 0 Å². The Balaban J connectivity index is 2.31. The van der Waals surface area contributed by atoms with Crippen LogP contribution in [0.4, 0.5) is 0 Å². The minimum atomic E-state index is 0.653. The topological polar surface area (TPSA) is 22.1 Å². The Morgan fingerprint density at radius 2 is 2.08 bits per heavy atom. The average Bonchev–Trinajstić information content (AvgIpc) is 2.21. The highest BCUT2D eigenvalue weighted by Gasteiger charge is 2.01. The molecule has 1 aliphatic heterocycles. The van der Waals surface area contributed by atoms with Gasteiger partial charge in [0.05, 0.1) is 6.26 Å². The molecule has 2 heteroatoms. The molecule has 0 saturated heterocycles. The zero-order chi connectivity index (χ0) is 8.23. The van der Waals surface area contributed by atoms with E-state index in [1.807, 2.05) is 18.2 Å². The van der Waals surface area contributed by atoms with E-state index in [1.54, 1.807) is 18.7 Å². The monoisotopic (exact) mass is 159 g/mol. The van der Waals surface area contributed by atoms with E-state index >= 15 is 0 Å². The second-order valence-corrected chi connectivity index (χ2v) is 2.57. The van der Waals surface area contributed by atoms with Crippen LogP contribution in [0.25, 0.3) is 5.57 Å². The fourth-order valence-corrected chi connectivity index (χ4v) is 1.14. The summed E-state index contributed by atoms with van der Waals surface area (Å²) >= 11 is 0. The first-order chi connectivity index (χ1) is 5.97. The minimum Gasteiger partial charge on any atom is -0.496 e. The van der Waals surface area contributed by atoms with Gasteiger partial charge in [0, 0.05) is 12.4 Å². The van der Waals surface area contributed by atoms with Gasteiger partial charge in [0.15, 0.2) is 0 Å². The maximum Gasteiger partial charge on any atom is 0.113 e. The van der Waals surface area contributed by atoms with Crippen molar-refractivity contribution in [1.82, 2.24) is 4.98 Å². The van der Waals surface area contributed by atoms with Crippen LogP contribution in [0.3, 0.4) is 0 Å². The summed E-state index contributed by atoms with van der Waals surface area (Å²) < 4.78 is 5.17. The van der Waals surface area contributed by atoms with E-state index in [1.165, 1.54) is 11.1 Å². The molecule has 0 atom stereocenters. The molecular weight excluding hydrogens is 150 g/mol. The fourth-order valence-electron chi connectivity index (χ4n) is 1.14. The lowest BCUT2D eigenvalue weighted by Crippen LogP contribution is -1.96. The Bertz CT molecular complexity index is 314. The first-order valence-electron chi connectivity index (χ1n) is 3.84. The van der Waals surface area contributed by atoms with Gasteiger partial charge in [-0.1, -0.05) is 6.08 Å². The van der Waals surface area contributed by atoms with Crippen molar-refractivity contribution in [3.8, 4) is 0 Å². The maximum absolute atomic E-state index is 5.17. The number of hydrogen-bond acceptors (Lipinski definition) is 2. The van der Waals surface area contributed by atoms with Crippen LogP contribution in [0.15, 0.2) is 42.9 Å². The highest BCUT2D eigenvalue weighted by Crippen LogP contribution is 2.16. The molecule has 1 aliphatic rings. The lowest BCUT2D eigenvalue weighted by Gasteiger charge is -2.09. The molecule has 0 bridgehead atoms. The molecule has 60 valence electrons. The first kappa shape index (κ1) is 7.10. The molecule has 0 radical (unpaired) electrons. The number of nitrogens with zero attached hydrogens (tertiary/aromatic N) is 1. The summed E-state index contributed by atoms with van der Waals surface area (Å²) in [4.78, 5) is 3.95. The van der Waals surface area contributed by atoms with Gasteiger partial charge in [0.1, 0.15) is 6.61 Å². The second-order valence-electron chi connectivity index (χ2n) is 2.57. The van der Waals surface area contributed by atoms with E-state index in [4.69, 9.17) is 4.74 Å². The van der Waals surface area contributed by atoms with Crippen molar-refractivity contribution < 1.29 is 4.74 Å². The molecule has 0 amide bonds. The molecule has 1 aromatic heterocycles. The van der Waals surface area contributed by atoms with Gasteiger partial charge in [-0.2, -0.15) is 0 Å². The average molecular weight is 159 g/mol. The van der Waals surface area contributed by atoms with Crippen LogP contribution in [0.1, 0.15) is 5.56 Å². The molecular formula is C10H9NO. The number of pyridine rings is 1. The zero-order valence-electron chi connectivity index (χ0n) is 6.60. The van der Waals surface area contributed by atoms with Crippen LogP contribution in [-0.4, -0.2) is 11.6 Å². The van der Waals surface area contributed by atoms with E-state index < -0.39 is 0 Å². The number of allylic oxidation sites excluding steroid dienone is 2. The quantitative estimate of drug-likeness (QED) is 0.625. The van der Waals surface area contributed by atoms with Crippen LogP contribution in [-0.2, 0) is 4.74 Å². The van der Waals surface area contributed by atoms with Crippen LogP contribution < -0.4 is 0 Å². The first-order valence-corrected chi connectivity index (χ1v) is 3.84. The molecule has 2 rings (SSSR count). The summed E-state index contributed by atoms with van der Waals surface area (Å²) in [6, 6.07) is 3.96. The molecule has 0 saturated carbocycles. The largest absolute Gasteiger partial charge is 0.496 e. The molecule has 0 fully saturated rings. The van der Waals surface area contributed by atoms with Gasteiger partial charge in [-0.3, -0.25) is 4.98 Å². The van der Waals surface area contributed by atoms with Crippen molar-refractivity contribution in [2.45, 2.75) is 0 Å². The molecule has 1 aromatic rings. The third-order valence-corrected chi connectivity index (χ3v) is 1.76. The third-order valence-electron chi connectivity index (χ3n) is 1.76. The van der Waals surface area contributed by atoms with Crippen molar-refractivity contribution >= 4 is 5.57 Å². The van der Waals surface area contributed by atoms with Gasteiger partial charge in [-0.25, -0.2) is 0 Å². The highest BCUT2D eigenvalue weighted by atomic mass is 16.5. The molecule has 0 aromatic carbocycles. The normalized spacial score (nSPS) is 15.2. The summed E-state index contributed by atoms with van der Waals surface area (Å²) in [5.74, 6) is 0. The Morgan fingerprint density at radius 1 is 1.25 bits per heavy atom. The van der Waals surface area contributed by atoms with E-state index in [0.29, 0.717) is 6.61 Å². The zero-order valence-corrected chi connectivity index (χ0v) is 6.60. The van der Waals surface area contributed by atoms with Gasteiger partial charge >= 0.3 is 0 Å². The summed E-state index contributed by atoms with van der Waals surface area (Å²) in [6.07, 6.45) is 9.23. The Kier molecular flexibility index (Phi) is 1.90. The summed E-state index contributed by atoms with van der Waals surface area (Å²) in [6.45, 7) is 0.653. The summed E-state index contributed by atoms with van der Waals surface area (Å²) in [7, 11) is 0. The van der Waals surface area contributed by atoms with Gasteiger partial charge in [0.2, 0.25) is 0 Å². The lowest BCUT2D eigenvalue weighted by molar-refractivity contribution is 0.293. The molecule has 0 spiro atoms. The smallest absolute Gasteiger partial charge is 0.113 e. The third kappa shape index (κ3) is 1.37. The van der Waals surface area contributed by atoms with E-state index in [-0.39, 0.29) is 0 Å². The van der Waals surface area contributed by atoms with Crippen molar-refractivity contribution in [3.05, 3.63) is 48.5 Å². The number of rotatable bonds is 1. The predicted octanol–water partition coefficient (Wildman–Crippen LogP) is 2.01. The summed E-state index contributed by atoms with van der Waals surface area (Å²) in [5, 5.41) is 0. The van der Waals surface area contributed by atoms with Crippen molar-refractivity contribution in [2.24, 2.45) is 0 Å². The van der Waals surface area contributed by atoms with Crippen LogP contribution in [0.2, 0.25) is 0 Å². The molecule has 0 unspecified atom stereocenters. The number of aromatic nitrogens is 1. The highest BCUT2D eigenvalue weighted by molar-refractivity contribution is 5.68. The van der Waals surface area contributed by atoms with Gasteiger partial charge in [-0.05, 0) is 29.3 Å². The molecule has 2 heterocycles. The lowest BCUT2D eigenvalue weighted by atomic mass is 10.1. The predicted molar refractivity (Wildman–Crippen MR) is 47.3 cm³/mol. The fraction of sp³-hybridized carbons (Fsp3) is 0.100. The van der Waals surface area contributed by atoms with Gasteiger partial charge in [0.25, 0.3) is 0 Å². The number of hydrogen-bond donors (Lipinski definition) is 0. The minimum absolute atomic E-state index is 0.653. The molecule has 0 aliphatic carbocycles. The van der Waals surface area contributed by atoms with Crippen molar-refractivity contribution in [3.63, 3.8) is 0 Å². The second kappa shape index (κ2) is 3.22. The van der Waals surface area contributed by atoms with Gasteiger partial charge < -0.3 is 4.74 Å². The Labute approximate surface area is 71.2 Å². The standard InChI is InChI=1S/C10H9NO/c1-2-10(8-12-7-1)9-3-5-11-6-4-9/h1-7H,8H2.